The molecular weight excluding hydrogens is 272 g/mol. The Morgan fingerprint density at radius 1 is 1.62 bits per heavy atom. The number of hydrogen-bond donors (Lipinski definition) is 2. The minimum atomic E-state index is -0.163. The summed E-state index contributed by atoms with van der Waals surface area (Å²) in [6, 6.07) is 5.09. The van der Waals surface area contributed by atoms with Crippen molar-refractivity contribution in [2.45, 2.75) is 13.0 Å². The molecule has 0 aliphatic heterocycles. The lowest BCUT2D eigenvalue weighted by Gasteiger charge is -2.13. The molecule has 0 heterocycles. The molecule has 0 saturated carbocycles. The third-order valence-corrected chi connectivity index (χ3v) is 2.72. The van der Waals surface area contributed by atoms with Gasteiger partial charge in [0.25, 0.3) is 5.91 Å². The maximum Gasteiger partial charge on any atom is 0.252 e. The van der Waals surface area contributed by atoms with E-state index in [1.807, 2.05) is 6.92 Å². The van der Waals surface area contributed by atoms with Gasteiger partial charge in [-0.2, -0.15) is 0 Å². The Kier molecular flexibility index (Phi) is 4.76. The molecular formula is C11H15BrN2O2. The summed E-state index contributed by atoms with van der Waals surface area (Å²) in [5, 5.41) is 2.82. The summed E-state index contributed by atoms with van der Waals surface area (Å²) < 4.78 is 5.67. The van der Waals surface area contributed by atoms with Crippen LogP contribution in [-0.2, 0) is 4.74 Å². The highest BCUT2D eigenvalue weighted by Crippen LogP contribution is 2.19. The number of nitrogens with one attached hydrogen (secondary N) is 1. The van der Waals surface area contributed by atoms with E-state index in [2.05, 4.69) is 21.2 Å². The van der Waals surface area contributed by atoms with Crippen LogP contribution in [0.4, 0.5) is 5.69 Å². The number of nitrogens with two attached hydrogens (primary N) is 1. The van der Waals surface area contributed by atoms with Gasteiger partial charge in [0.1, 0.15) is 0 Å². The number of carbonyl (C=O) groups is 1. The summed E-state index contributed by atoms with van der Waals surface area (Å²) >= 11 is 3.31. The first-order valence-electron chi connectivity index (χ1n) is 4.89. The Morgan fingerprint density at radius 2 is 2.31 bits per heavy atom. The SMILES string of the molecule is COCC(C)NC(=O)c1cc(N)ccc1Br. The molecule has 1 atom stereocenters. The largest absolute Gasteiger partial charge is 0.399 e. The second-order valence-corrected chi connectivity index (χ2v) is 4.42. The number of anilines is 1. The molecule has 0 spiro atoms. The molecule has 1 aromatic carbocycles. The van der Waals surface area contributed by atoms with E-state index in [1.165, 1.54) is 0 Å². The molecule has 0 aliphatic rings. The van der Waals surface area contributed by atoms with Crippen LogP contribution >= 0.6 is 15.9 Å². The molecule has 88 valence electrons. The molecule has 1 unspecified atom stereocenters. The van der Waals surface area contributed by atoms with Crippen LogP contribution in [-0.4, -0.2) is 25.7 Å². The fourth-order valence-corrected chi connectivity index (χ4v) is 1.74. The molecule has 3 N–H and O–H groups in total. The first kappa shape index (κ1) is 13.0. The molecule has 0 radical (unpaired) electrons. The Hall–Kier alpha value is -1.07. The zero-order chi connectivity index (χ0) is 12.1. The lowest BCUT2D eigenvalue weighted by molar-refractivity contribution is 0.0905. The van der Waals surface area contributed by atoms with Crippen LogP contribution in [0.3, 0.4) is 0 Å². The minimum Gasteiger partial charge on any atom is -0.399 e. The number of halogens is 1. The van der Waals surface area contributed by atoms with Crippen molar-refractivity contribution in [3.8, 4) is 0 Å². The highest BCUT2D eigenvalue weighted by molar-refractivity contribution is 9.10. The van der Waals surface area contributed by atoms with E-state index in [0.29, 0.717) is 17.9 Å². The summed E-state index contributed by atoms with van der Waals surface area (Å²) in [4.78, 5) is 11.9. The number of nitrogen functional groups attached to an aromatic ring is 1. The summed E-state index contributed by atoms with van der Waals surface area (Å²) in [5.41, 5.74) is 6.72. The maximum atomic E-state index is 11.9. The van der Waals surface area contributed by atoms with Gasteiger partial charge in [0.05, 0.1) is 12.2 Å². The predicted molar refractivity (Wildman–Crippen MR) is 67.4 cm³/mol. The van der Waals surface area contributed by atoms with Crippen molar-refractivity contribution >= 4 is 27.5 Å². The zero-order valence-corrected chi connectivity index (χ0v) is 10.9. The molecule has 0 fully saturated rings. The van der Waals surface area contributed by atoms with Crippen LogP contribution in [0.5, 0.6) is 0 Å². The lowest BCUT2D eigenvalue weighted by atomic mass is 10.2. The van der Waals surface area contributed by atoms with Gasteiger partial charge in [-0.05, 0) is 41.1 Å². The van der Waals surface area contributed by atoms with Crippen LogP contribution in [0.1, 0.15) is 17.3 Å². The number of carbonyl (C=O) groups excluding carboxylic acids is 1. The molecule has 0 saturated heterocycles. The van der Waals surface area contributed by atoms with Gasteiger partial charge in [-0.3, -0.25) is 4.79 Å². The van der Waals surface area contributed by atoms with E-state index in [4.69, 9.17) is 10.5 Å². The Morgan fingerprint density at radius 3 is 2.94 bits per heavy atom. The van der Waals surface area contributed by atoms with E-state index in [0.717, 1.165) is 4.47 Å². The van der Waals surface area contributed by atoms with Crippen molar-refractivity contribution in [1.29, 1.82) is 0 Å². The number of rotatable bonds is 4. The first-order chi connectivity index (χ1) is 7.54. The van der Waals surface area contributed by atoms with Gasteiger partial charge < -0.3 is 15.8 Å². The lowest BCUT2D eigenvalue weighted by Crippen LogP contribution is -2.35. The smallest absolute Gasteiger partial charge is 0.252 e. The molecule has 0 aromatic heterocycles. The van der Waals surface area contributed by atoms with Gasteiger partial charge in [-0.15, -0.1) is 0 Å². The Balaban J connectivity index is 2.76. The monoisotopic (exact) mass is 286 g/mol. The second-order valence-electron chi connectivity index (χ2n) is 3.57. The first-order valence-corrected chi connectivity index (χ1v) is 5.68. The molecule has 0 aliphatic carbocycles. The average Bonchev–Trinajstić information content (AvgIpc) is 2.21. The van der Waals surface area contributed by atoms with Crippen LogP contribution in [0.2, 0.25) is 0 Å². The van der Waals surface area contributed by atoms with E-state index < -0.39 is 0 Å². The fraction of sp³-hybridized carbons (Fsp3) is 0.364. The third-order valence-electron chi connectivity index (χ3n) is 2.03. The number of benzene rings is 1. The highest BCUT2D eigenvalue weighted by Gasteiger charge is 2.12. The van der Waals surface area contributed by atoms with Gasteiger partial charge in [0, 0.05) is 23.3 Å². The quantitative estimate of drug-likeness (QED) is 0.830. The third kappa shape index (κ3) is 3.50. The van der Waals surface area contributed by atoms with Crippen molar-refractivity contribution in [2.75, 3.05) is 19.5 Å². The summed E-state index contributed by atoms with van der Waals surface area (Å²) in [5.74, 6) is -0.163. The zero-order valence-electron chi connectivity index (χ0n) is 9.29. The van der Waals surface area contributed by atoms with E-state index in [9.17, 15) is 4.79 Å². The fourth-order valence-electron chi connectivity index (χ4n) is 1.31. The standard InChI is InChI=1S/C11H15BrN2O2/c1-7(6-16-2)14-11(15)9-5-8(13)3-4-10(9)12/h3-5,7H,6,13H2,1-2H3,(H,14,15). The van der Waals surface area contributed by atoms with Crippen molar-refractivity contribution in [1.82, 2.24) is 5.32 Å². The van der Waals surface area contributed by atoms with Crippen molar-refractivity contribution in [2.24, 2.45) is 0 Å². The number of amides is 1. The summed E-state index contributed by atoms with van der Waals surface area (Å²) in [6.45, 7) is 2.35. The molecule has 4 nitrogen and oxygen atoms in total. The molecule has 1 rings (SSSR count). The van der Waals surface area contributed by atoms with Crippen molar-refractivity contribution in [3.05, 3.63) is 28.2 Å². The number of ether oxygens (including phenoxy) is 1. The van der Waals surface area contributed by atoms with Gasteiger partial charge >= 0.3 is 0 Å². The normalized spacial score (nSPS) is 12.2. The Bertz CT molecular complexity index is 382. The summed E-state index contributed by atoms with van der Waals surface area (Å²) in [7, 11) is 1.60. The number of hydrogen-bond acceptors (Lipinski definition) is 3. The van der Waals surface area contributed by atoms with Gasteiger partial charge in [-0.1, -0.05) is 0 Å². The summed E-state index contributed by atoms with van der Waals surface area (Å²) in [6.07, 6.45) is 0. The minimum absolute atomic E-state index is 0.0363. The van der Waals surface area contributed by atoms with Gasteiger partial charge in [0.2, 0.25) is 0 Å². The molecule has 5 heteroatoms. The van der Waals surface area contributed by atoms with Crippen LogP contribution in [0.15, 0.2) is 22.7 Å². The van der Waals surface area contributed by atoms with E-state index in [-0.39, 0.29) is 11.9 Å². The van der Waals surface area contributed by atoms with E-state index in [1.54, 1.807) is 25.3 Å². The van der Waals surface area contributed by atoms with Crippen molar-refractivity contribution in [3.63, 3.8) is 0 Å². The highest BCUT2D eigenvalue weighted by atomic mass is 79.9. The van der Waals surface area contributed by atoms with Crippen molar-refractivity contribution < 1.29 is 9.53 Å². The predicted octanol–water partition coefficient (Wildman–Crippen LogP) is 1.80. The van der Waals surface area contributed by atoms with Crippen LogP contribution in [0, 0.1) is 0 Å². The second kappa shape index (κ2) is 5.86. The average molecular weight is 287 g/mol. The number of methoxy groups -OCH3 is 1. The molecule has 0 bridgehead atoms. The molecule has 1 amide bonds. The molecule has 16 heavy (non-hydrogen) atoms. The van der Waals surface area contributed by atoms with E-state index >= 15 is 0 Å². The van der Waals surface area contributed by atoms with Crippen LogP contribution < -0.4 is 11.1 Å². The van der Waals surface area contributed by atoms with Crippen LogP contribution in [0.25, 0.3) is 0 Å². The van der Waals surface area contributed by atoms with Gasteiger partial charge in [0.15, 0.2) is 0 Å². The molecule has 1 aromatic rings. The Labute approximate surface area is 103 Å². The maximum absolute atomic E-state index is 11.9. The topological polar surface area (TPSA) is 64.3 Å². The van der Waals surface area contributed by atoms with Gasteiger partial charge in [-0.25, -0.2) is 0 Å².